The molecule has 148 valence electrons. The van der Waals surface area contributed by atoms with Crippen LogP contribution in [-0.4, -0.2) is 55.4 Å². The molecule has 3 N–H and O–H groups in total. The number of aliphatic hydroxyl groups is 1. The van der Waals surface area contributed by atoms with E-state index in [1.165, 1.54) is 6.20 Å². The first-order chi connectivity index (χ1) is 14.1. The lowest BCUT2D eigenvalue weighted by molar-refractivity contribution is 0.0501. The summed E-state index contributed by atoms with van der Waals surface area (Å²) < 4.78 is 3.74. The van der Waals surface area contributed by atoms with Gasteiger partial charge in [-0.25, -0.2) is 9.97 Å². The third-order valence-corrected chi connectivity index (χ3v) is 5.55. The molecule has 1 fully saturated rings. The predicted molar refractivity (Wildman–Crippen MR) is 109 cm³/mol. The van der Waals surface area contributed by atoms with E-state index < -0.39 is 0 Å². The van der Waals surface area contributed by atoms with Gasteiger partial charge in [0, 0.05) is 49.5 Å². The number of hydrogen-bond donors (Lipinski definition) is 3. The van der Waals surface area contributed by atoms with Gasteiger partial charge in [0.1, 0.15) is 17.0 Å². The molecule has 0 aromatic carbocycles. The molecule has 4 heterocycles. The molecule has 9 nitrogen and oxygen atoms in total. The van der Waals surface area contributed by atoms with Crippen molar-refractivity contribution >= 4 is 28.4 Å². The van der Waals surface area contributed by atoms with Crippen LogP contribution in [-0.2, 0) is 0 Å². The fourth-order valence-corrected chi connectivity index (χ4v) is 3.93. The Bertz CT molecular complexity index is 1240. The summed E-state index contributed by atoms with van der Waals surface area (Å²) >= 11 is 0. The fourth-order valence-electron chi connectivity index (χ4n) is 3.93. The van der Waals surface area contributed by atoms with Gasteiger partial charge in [-0.05, 0) is 25.0 Å². The van der Waals surface area contributed by atoms with E-state index in [1.807, 2.05) is 24.4 Å². The zero-order chi connectivity index (χ0) is 20.1. The van der Waals surface area contributed by atoms with E-state index in [9.17, 15) is 9.90 Å². The van der Waals surface area contributed by atoms with Crippen LogP contribution in [0.1, 0.15) is 29.2 Å². The second-order valence-corrected chi connectivity index (χ2v) is 7.25. The van der Waals surface area contributed by atoms with Crippen molar-refractivity contribution in [2.24, 2.45) is 0 Å². The summed E-state index contributed by atoms with van der Waals surface area (Å²) in [5.41, 5.74) is 3.42. The molecule has 0 atom stereocenters. The number of nitrogens with zero attached hydrogens (tertiary/aromatic N) is 5. The van der Waals surface area contributed by atoms with Crippen LogP contribution >= 0.6 is 0 Å². The van der Waals surface area contributed by atoms with Crippen molar-refractivity contribution in [2.45, 2.75) is 25.0 Å². The first-order valence-electron chi connectivity index (χ1n) is 9.53. The van der Waals surface area contributed by atoms with Crippen molar-refractivity contribution in [2.75, 3.05) is 19.4 Å². The summed E-state index contributed by atoms with van der Waals surface area (Å²) in [6, 6.07) is 6.05. The summed E-state index contributed by atoms with van der Waals surface area (Å²) in [7, 11) is 3.39. The number of aliphatic hydroxyl groups excluding tert-OH is 1. The Hall–Kier alpha value is -3.46. The summed E-state index contributed by atoms with van der Waals surface area (Å²) in [6.07, 6.45) is 6.52. The molecule has 5 rings (SSSR count). The van der Waals surface area contributed by atoms with E-state index in [4.69, 9.17) is 4.98 Å². The lowest BCUT2D eigenvalue weighted by atomic mass is 9.89. The highest BCUT2D eigenvalue weighted by molar-refractivity contribution is 6.00. The van der Waals surface area contributed by atoms with Gasteiger partial charge in [0.15, 0.2) is 5.65 Å². The topological polar surface area (TPSA) is 109 Å². The number of anilines is 1. The molecule has 9 heteroatoms. The van der Waals surface area contributed by atoms with Crippen LogP contribution < -0.4 is 10.6 Å². The molecule has 29 heavy (non-hydrogen) atoms. The van der Waals surface area contributed by atoms with Gasteiger partial charge in [-0.2, -0.15) is 9.61 Å². The number of carbonyl (C=O) groups is 1. The molecule has 0 spiro atoms. The minimum Gasteiger partial charge on any atom is -0.393 e. The molecule has 1 aliphatic carbocycles. The first-order valence-corrected chi connectivity index (χ1v) is 9.53. The van der Waals surface area contributed by atoms with Crippen LogP contribution in [0.15, 0.2) is 36.8 Å². The van der Waals surface area contributed by atoms with Crippen molar-refractivity contribution in [3.8, 4) is 11.3 Å². The Morgan fingerprint density at radius 2 is 2.10 bits per heavy atom. The third kappa shape index (κ3) is 2.65. The highest BCUT2D eigenvalue weighted by Crippen LogP contribution is 2.38. The quantitative estimate of drug-likeness (QED) is 0.490. The molecule has 1 aliphatic rings. The van der Waals surface area contributed by atoms with Crippen molar-refractivity contribution in [3.05, 3.63) is 42.4 Å². The number of carbonyl (C=O) groups excluding carboxylic acids is 1. The molecule has 1 amide bonds. The van der Waals surface area contributed by atoms with Gasteiger partial charge in [-0.1, -0.05) is 0 Å². The Balaban J connectivity index is 1.73. The van der Waals surface area contributed by atoms with Crippen LogP contribution in [0.5, 0.6) is 0 Å². The predicted octanol–water partition coefficient (Wildman–Crippen LogP) is 1.84. The van der Waals surface area contributed by atoms with Crippen molar-refractivity contribution in [1.29, 1.82) is 0 Å². The zero-order valence-electron chi connectivity index (χ0n) is 16.1. The molecular formula is C20H21N7O2. The normalized spacial score (nSPS) is 18.7. The van der Waals surface area contributed by atoms with Gasteiger partial charge >= 0.3 is 0 Å². The molecule has 0 aliphatic heterocycles. The summed E-state index contributed by atoms with van der Waals surface area (Å²) in [6.45, 7) is 0. The Morgan fingerprint density at radius 3 is 2.83 bits per heavy atom. The summed E-state index contributed by atoms with van der Waals surface area (Å²) in [4.78, 5) is 21.6. The van der Waals surface area contributed by atoms with Crippen LogP contribution in [0.4, 0.5) is 5.82 Å². The maximum absolute atomic E-state index is 12.3. The van der Waals surface area contributed by atoms with Crippen LogP contribution in [0.25, 0.3) is 27.9 Å². The third-order valence-electron chi connectivity index (χ3n) is 5.55. The van der Waals surface area contributed by atoms with Crippen LogP contribution in [0, 0.1) is 0 Å². The van der Waals surface area contributed by atoms with Gasteiger partial charge in [0.05, 0.1) is 18.0 Å². The minimum atomic E-state index is -0.253. The summed E-state index contributed by atoms with van der Waals surface area (Å²) in [5, 5.41) is 20.8. The molecule has 0 radical (unpaired) electrons. The van der Waals surface area contributed by atoms with Gasteiger partial charge in [-0.15, -0.1) is 0 Å². The smallest absolute Gasteiger partial charge is 0.256 e. The van der Waals surface area contributed by atoms with E-state index in [0.29, 0.717) is 11.2 Å². The molecule has 1 saturated carbocycles. The Morgan fingerprint density at radius 1 is 1.28 bits per heavy atom. The number of rotatable bonds is 4. The van der Waals surface area contributed by atoms with Gasteiger partial charge in [-0.3, -0.25) is 4.79 Å². The largest absolute Gasteiger partial charge is 0.393 e. The van der Waals surface area contributed by atoms with E-state index in [0.717, 1.165) is 41.0 Å². The van der Waals surface area contributed by atoms with E-state index >= 15 is 0 Å². The van der Waals surface area contributed by atoms with Crippen molar-refractivity contribution in [1.82, 2.24) is 29.5 Å². The maximum atomic E-state index is 12.3. The van der Waals surface area contributed by atoms with Gasteiger partial charge in [0.2, 0.25) is 0 Å². The highest BCUT2D eigenvalue weighted by Gasteiger charge is 2.30. The van der Waals surface area contributed by atoms with Gasteiger partial charge < -0.3 is 20.3 Å². The minimum absolute atomic E-state index is 0.222. The lowest BCUT2D eigenvalue weighted by Gasteiger charge is -2.32. The van der Waals surface area contributed by atoms with Gasteiger partial charge in [0.25, 0.3) is 5.91 Å². The molecular weight excluding hydrogens is 370 g/mol. The fraction of sp³-hybridized carbons (Fsp3) is 0.300. The van der Waals surface area contributed by atoms with E-state index in [2.05, 4.69) is 25.3 Å². The standard InChI is InChI=1S/C20H21N7O2/c1-21-17-8-16(25-19-14(20(29)22-2)9-24-27(17)19)15-10-26(11-6-12(28)7-11)18-13(15)4-3-5-23-18/h3-5,8-12,21,28H,6-7H2,1-2H3,(H,22,29). The van der Waals surface area contributed by atoms with Crippen molar-refractivity contribution < 1.29 is 9.90 Å². The average molecular weight is 391 g/mol. The second-order valence-electron chi connectivity index (χ2n) is 7.25. The molecule has 4 aromatic rings. The number of fused-ring (bicyclic) bond motifs is 2. The Kier molecular flexibility index (Phi) is 3.99. The Labute approximate surface area is 166 Å². The molecule has 0 saturated heterocycles. The average Bonchev–Trinajstić information content (AvgIpc) is 3.32. The second kappa shape index (κ2) is 6.56. The number of aromatic nitrogens is 5. The van der Waals surface area contributed by atoms with E-state index in [1.54, 1.807) is 24.8 Å². The molecule has 0 bridgehead atoms. The van der Waals surface area contributed by atoms with Crippen LogP contribution in [0.2, 0.25) is 0 Å². The van der Waals surface area contributed by atoms with E-state index in [-0.39, 0.29) is 18.1 Å². The zero-order valence-corrected chi connectivity index (χ0v) is 16.1. The monoisotopic (exact) mass is 391 g/mol. The number of amides is 1. The number of hydrogen-bond acceptors (Lipinski definition) is 6. The van der Waals surface area contributed by atoms with Crippen molar-refractivity contribution in [3.63, 3.8) is 0 Å². The molecule has 0 unspecified atom stereocenters. The first kappa shape index (κ1) is 17.6. The highest BCUT2D eigenvalue weighted by atomic mass is 16.3. The molecule has 4 aromatic heterocycles. The van der Waals surface area contributed by atoms with Crippen LogP contribution in [0.3, 0.4) is 0 Å². The maximum Gasteiger partial charge on any atom is 0.256 e. The number of nitrogens with one attached hydrogen (secondary N) is 2. The SMILES string of the molecule is CNC(=O)c1cnn2c(NC)cc(-c3cn(C4CC(O)C4)c4ncccc34)nc12. The number of pyridine rings is 1. The summed E-state index contributed by atoms with van der Waals surface area (Å²) in [5.74, 6) is 0.489. The lowest BCUT2D eigenvalue weighted by Crippen LogP contribution is -2.30.